The molecule has 2 aliphatic rings. The Morgan fingerprint density at radius 3 is 2.54 bits per heavy atom. The van der Waals surface area contributed by atoms with Gasteiger partial charge in [0.05, 0.1) is 18.0 Å². The van der Waals surface area contributed by atoms with Gasteiger partial charge in [0, 0.05) is 30.6 Å². The van der Waals surface area contributed by atoms with Crippen LogP contribution in [0.25, 0.3) is 4.96 Å². The fraction of sp³-hybridized carbons (Fsp3) is 0.789. The number of aliphatic hydroxyl groups is 1. The number of imidazole rings is 1. The van der Waals surface area contributed by atoms with Crippen molar-refractivity contribution >= 4 is 21.4 Å². The van der Waals surface area contributed by atoms with E-state index in [1.54, 1.807) is 11.3 Å². The molecule has 0 bridgehead atoms. The minimum absolute atomic E-state index is 0.0531. The number of piperidine rings is 1. The van der Waals surface area contributed by atoms with Crippen LogP contribution in [0.3, 0.4) is 0 Å². The fourth-order valence-corrected chi connectivity index (χ4v) is 5.05. The summed E-state index contributed by atoms with van der Waals surface area (Å²) in [5.74, 6) is 0. The lowest BCUT2D eigenvalue weighted by Crippen LogP contribution is -2.50. The summed E-state index contributed by atoms with van der Waals surface area (Å²) in [4.78, 5) is 8.19. The molecule has 2 fully saturated rings. The lowest BCUT2D eigenvalue weighted by Gasteiger charge is -2.41. The van der Waals surface area contributed by atoms with E-state index in [1.165, 1.54) is 12.8 Å². The highest BCUT2D eigenvalue weighted by Crippen LogP contribution is 2.29. The van der Waals surface area contributed by atoms with E-state index in [0.29, 0.717) is 12.1 Å². The highest BCUT2D eigenvalue weighted by Gasteiger charge is 2.31. The predicted octanol–water partition coefficient (Wildman–Crippen LogP) is 3.27. The Bertz CT molecular complexity index is 709. The van der Waals surface area contributed by atoms with E-state index in [4.69, 9.17) is 4.98 Å². The van der Waals surface area contributed by atoms with Crippen LogP contribution in [0.5, 0.6) is 0 Å². The van der Waals surface area contributed by atoms with E-state index in [2.05, 4.69) is 36.1 Å². The van der Waals surface area contributed by atoms with Crippen molar-refractivity contribution < 1.29 is 5.11 Å². The first-order chi connectivity index (χ1) is 12.4. The van der Waals surface area contributed by atoms with Crippen LogP contribution in [0.4, 0.5) is 5.13 Å². The molecular weight excluding hydrogens is 346 g/mol. The number of rotatable bonds is 3. The number of nitrogens with zero attached hydrogens (tertiary/aromatic N) is 4. The molecule has 0 spiro atoms. The van der Waals surface area contributed by atoms with Gasteiger partial charge in [-0.3, -0.25) is 4.90 Å². The zero-order valence-corrected chi connectivity index (χ0v) is 16.9. The average Bonchev–Trinajstić information content (AvgIpc) is 3.14. The summed E-state index contributed by atoms with van der Waals surface area (Å²) in [6.45, 7) is 8.66. The first-order valence-corrected chi connectivity index (χ1v) is 10.8. The van der Waals surface area contributed by atoms with Gasteiger partial charge >= 0.3 is 0 Å². The van der Waals surface area contributed by atoms with Crippen LogP contribution in [0, 0.1) is 0 Å². The highest BCUT2D eigenvalue weighted by atomic mass is 32.1. The van der Waals surface area contributed by atoms with Gasteiger partial charge < -0.3 is 10.4 Å². The first kappa shape index (κ1) is 18.2. The number of likely N-dealkylation sites (tertiary alicyclic amines) is 1. The lowest BCUT2D eigenvalue weighted by molar-refractivity contribution is 0.00993. The van der Waals surface area contributed by atoms with E-state index in [9.17, 15) is 5.11 Å². The van der Waals surface area contributed by atoms with Crippen LogP contribution >= 0.6 is 11.3 Å². The van der Waals surface area contributed by atoms with Gasteiger partial charge in [0.15, 0.2) is 0 Å². The van der Waals surface area contributed by atoms with E-state index in [0.717, 1.165) is 54.6 Å². The molecule has 0 amide bonds. The number of aromatic nitrogens is 3. The minimum atomic E-state index is -0.128. The zero-order valence-electron chi connectivity index (χ0n) is 16.1. The van der Waals surface area contributed by atoms with Gasteiger partial charge in [-0.15, -0.1) is 5.10 Å². The van der Waals surface area contributed by atoms with Gasteiger partial charge in [-0.05, 0) is 25.7 Å². The second-order valence-corrected chi connectivity index (χ2v) is 9.84. The molecule has 2 aromatic rings. The molecule has 2 aromatic heterocycles. The molecule has 1 saturated heterocycles. The van der Waals surface area contributed by atoms with Crippen molar-refractivity contribution in [2.45, 2.75) is 82.9 Å². The van der Waals surface area contributed by atoms with Gasteiger partial charge in [-0.25, -0.2) is 9.50 Å². The molecule has 1 aliphatic heterocycles. The molecule has 4 rings (SSSR count). The molecule has 1 aliphatic carbocycles. The maximum atomic E-state index is 10.3. The maximum absolute atomic E-state index is 10.3. The van der Waals surface area contributed by atoms with Gasteiger partial charge in [-0.2, -0.15) is 0 Å². The molecule has 0 aromatic carbocycles. The Morgan fingerprint density at radius 1 is 1.15 bits per heavy atom. The highest BCUT2D eigenvalue weighted by molar-refractivity contribution is 7.20. The van der Waals surface area contributed by atoms with Crippen molar-refractivity contribution in [3.8, 4) is 0 Å². The van der Waals surface area contributed by atoms with Crippen molar-refractivity contribution in [1.82, 2.24) is 19.5 Å². The molecular formula is C19H31N5OS. The van der Waals surface area contributed by atoms with Gasteiger partial charge in [-0.1, -0.05) is 44.9 Å². The van der Waals surface area contributed by atoms with Crippen molar-refractivity contribution in [3.63, 3.8) is 0 Å². The molecule has 144 valence electrons. The van der Waals surface area contributed by atoms with Crippen LogP contribution in [-0.2, 0) is 5.41 Å². The molecule has 2 N–H and O–H groups in total. The number of aliphatic hydroxyl groups excluding tert-OH is 1. The summed E-state index contributed by atoms with van der Waals surface area (Å²) in [7, 11) is 0. The quantitative estimate of drug-likeness (QED) is 0.859. The van der Waals surface area contributed by atoms with E-state index >= 15 is 0 Å². The molecule has 3 heterocycles. The molecule has 1 saturated carbocycles. The molecule has 26 heavy (non-hydrogen) atoms. The van der Waals surface area contributed by atoms with Crippen molar-refractivity contribution in [2.75, 3.05) is 18.4 Å². The number of fused-ring (bicyclic) bond motifs is 1. The zero-order chi connectivity index (χ0) is 18.3. The lowest BCUT2D eigenvalue weighted by atomic mass is 9.89. The SMILES string of the molecule is CC(C)(C)c1cn2nc(NC3CCN(C4CCCCC4O)CC3)sc2n1. The molecule has 7 heteroatoms. The Hall–Kier alpha value is -1.18. The third-order valence-electron chi connectivity index (χ3n) is 5.83. The summed E-state index contributed by atoms with van der Waals surface area (Å²) < 4.78 is 1.90. The molecule has 0 radical (unpaired) electrons. The number of hydrogen-bond acceptors (Lipinski definition) is 6. The molecule has 2 unspecified atom stereocenters. The Labute approximate surface area is 159 Å². The predicted molar refractivity (Wildman–Crippen MR) is 106 cm³/mol. The van der Waals surface area contributed by atoms with Crippen LogP contribution in [0.1, 0.15) is 65.0 Å². The summed E-state index contributed by atoms with van der Waals surface area (Å²) in [6, 6.07) is 0.841. The van der Waals surface area contributed by atoms with Crippen LogP contribution in [-0.4, -0.2) is 55.9 Å². The van der Waals surface area contributed by atoms with Crippen LogP contribution in [0.15, 0.2) is 6.20 Å². The summed E-state index contributed by atoms with van der Waals surface area (Å²) in [6.07, 6.45) is 8.70. The maximum Gasteiger partial charge on any atom is 0.214 e. The van der Waals surface area contributed by atoms with Crippen molar-refractivity contribution in [1.29, 1.82) is 0 Å². The Kier molecular flexibility index (Phi) is 4.96. The molecule has 6 nitrogen and oxygen atoms in total. The van der Waals surface area contributed by atoms with Gasteiger partial charge in [0.25, 0.3) is 0 Å². The third-order valence-corrected chi connectivity index (χ3v) is 6.69. The third kappa shape index (κ3) is 3.75. The summed E-state index contributed by atoms with van der Waals surface area (Å²) >= 11 is 1.63. The second kappa shape index (κ2) is 7.09. The monoisotopic (exact) mass is 377 g/mol. The summed E-state index contributed by atoms with van der Waals surface area (Å²) in [5.41, 5.74) is 1.14. The minimum Gasteiger partial charge on any atom is -0.391 e. The fourth-order valence-electron chi connectivity index (χ4n) is 4.19. The van der Waals surface area contributed by atoms with Crippen molar-refractivity contribution in [3.05, 3.63) is 11.9 Å². The average molecular weight is 378 g/mol. The normalized spacial score (nSPS) is 26.5. The van der Waals surface area contributed by atoms with E-state index in [1.807, 2.05) is 10.7 Å². The van der Waals surface area contributed by atoms with Gasteiger partial charge in [0.2, 0.25) is 10.1 Å². The molecule has 2 atom stereocenters. The topological polar surface area (TPSA) is 65.7 Å². The van der Waals surface area contributed by atoms with Crippen molar-refractivity contribution in [2.24, 2.45) is 0 Å². The van der Waals surface area contributed by atoms with Crippen LogP contribution in [0.2, 0.25) is 0 Å². The standard InChI is InChI=1S/C19H31N5OS/c1-19(2,3)16-12-24-18(21-16)26-17(22-24)20-13-8-10-23(11-9-13)14-6-4-5-7-15(14)25/h12-15,25H,4-11H2,1-3H3,(H,20,22). The van der Waals surface area contributed by atoms with E-state index in [-0.39, 0.29) is 11.5 Å². The summed E-state index contributed by atoms with van der Waals surface area (Å²) in [5, 5.41) is 19.5. The largest absolute Gasteiger partial charge is 0.391 e. The smallest absolute Gasteiger partial charge is 0.214 e. The number of nitrogens with one attached hydrogen (secondary N) is 1. The number of anilines is 1. The van der Waals surface area contributed by atoms with Gasteiger partial charge in [0.1, 0.15) is 0 Å². The number of hydrogen-bond donors (Lipinski definition) is 2. The Morgan fingerprint density at radius 2 is 1.88 bits per heavy atom. The second-order valence-electron chi connectivity index (χ2n) is 8.88. The van der Waals surface area contributed by atoms with Crippen LogP contribution < -0.4 is 5.32 Å². The first-order valence-electron chi connectivity index (χ1n) is 9.95. The van der Waals surface area contributed by atoms with E-state index < -0.39 is 0 Å². The Balaban J connectivity index is 1.34.